The smallest absolute Gasteiger partial charge is 0.337 e. The first kappa shape index (κ1) is 20.1. The number of furan rings is 1. The van der Waals surface area contributed by atoms with Gasteiger partial charge in [-0.3, -0.25) is 9.69 Å². The number of hydrogen-bond donors (Lipinski definition) is 1. The third kappa shape index (κ3) is 4.09. The molecule has 3 aromatic rings. The second kappa shape index (κ2) is 8.27. The zero-order chi connectivity index (χ0) is 22.0. The molecule has 31 heavy (non-hydrogen) atoms. The molecule has 1 aliphatic heterocycles. The molecule has 0 bridgehead atoms. The molecule has 0 radical (unpaired) electrons. The van der Waals surface area contributed by atoms with Gasteiger partial charge < -0.3 is 14.5 Å². The Morgan fingerprint density at radius 1 is 1.10 bits per heavy atom. The fourth-order valence-corrected chi connectivity index (χ4v) is 3.13. The molecule has 1 N–H and O–H groups in total. The Morgan fingerprint density at radius 3 is 2.55 bits per heavy atom. The summed E-state index contributed by atoms with van der Waals surface area (Å²) in [5, 5.41) is 2.48. The predicted octanol–water partition coefficient (Wildman–Crippen LogP) is 3.97. The van der Waals surface area contributed by atoms with Gasteiger partial charge in [0.1, 0.15) is 23.0 Å². The normalized spacial score (nSPS) is 14.8. The number of halogens is 1. The lowest BCUT2D eigenvalue weighted by Gasteiger charge is -2.12. The molecule has 0 saturated carbocycles. The number of amides is 3. The van der Waals surface area contributed by atoms with Gasteiger partial charge in [-0.2, -0.15) is 0 Å². The van der Waals surface area contributed by atoms with Crippen LogP contribution in [0, 0.1) is 5.82 Å². The van der Waals surface area contributed by atoms with Gasteiger partial charge in [-0.15, -0.1) is 0 Å². The van der Waals surface area contributed by atoms with Crippen molar-refractivity contribution < 1.29 is 27.9 Å². The molecule has 1 saturated heterocycles. The zero-order valence-corrected chi connectivity index (χ0v) is 16.4. The van der Waals surface area contributed by atoms with Crippen molar-refractivity contribution in [2.45, 2.75) is 6.54 Å². The van der Waals surface area contributed by atoms with E-state index in [1.165, 1.54) is 31.4 Å². The molecule has 1 fully saturated rings. The minimum Gasteiger partial charge on any atom is -0.465 e. The molecule has 8 heteroatoms. The number of carbonyl (C=O) groups is 3. The fraction of sp³-hybridized carbons (Fsp3) is 0.0870. The molecular weight excluding hydrogens is 403 g/mol. The van der Waals surface area contributed by atoms with E-state index in [1.807, 2.05) is 0 Å². The Morgan fingerprint density at radius 2 is 1.84 bits per heavy atom. The lowest BCUT2D eigenvalue weighted by Crippen LogP contribution is -2.30. The molecule has 3 amide bonds. The van der Waals surface area contributed by atoms with E-state index in [4.69, 9.17) is 4.42 Å². The van der Waals surface area contributed by atoms with Gasteiger partial charge >= 0.3 is 12.0 Å². The number of ether oxygens (including phenoxy) is 1. The summed E-state index contributed by atoms with van der Waals surface area (Å²) in [7, 11) is 1.31. The van der Waals surface area contributed by atoms with Crippen LogP contribution in [0.4, 0.5) is 9.18 Å². The van der Waals surface area contributed by atoms with E-state index in [-0.39, 0.29) is 17.8 Å². The number of benzene rings is 2. The maximum atomic E-state index is 13.9. The van der Waals surface area contributed by atoms with Gasteiger partial charge in [0, 0.05) is 17.2 Å². The highest BCUT2D eigenvalue weighted by Gasteiger charge is 2.34. The maximum absolute atomic E-state index is 13.9. The van der Waals surface area contributed by atoms with Crippen LogP contribution in [0.25, 0.3) is 17.4 Å². The van der Waals surface area contributed by atoms with Gasteiger partial charge in [0.05, 0.1) is 19.2 Å². The van der Waals surface area contributed by atoms with E-state index >= 15 is 0 Å². The number of rotatable bonds is 5. The third-order valence-electron chi connectivity index (χ3n) is 4.75. The van der Waals surface area contributed by atoms with Crippen LogP contribution < -0.4 is 5.32 Å². The van der Waals surface area contributed by atoms with Crippen LogP contribution >= 0.6 is 0 Å². The molecule has 7 nitrogen and oxygen atoms in total. The molecule has 2 heterocycles. The van der Waals surface area contributed by atoms with Crippen LogP contribution in [0.3, 0.4) is 0 Å². The van der Waals surface area contributed by atoms with Crippen molar-refractivity contribution in [3.05, 3.63) is 89.1 Å². The maximum Gasteiger partial charge on any atom is 0.337 e. The number of urea groups is 1. The number of hydrogen-bond acceptors (Lipinski definition) is 5. The molecule has 0 aliphatic carbocycles. The number of nitrogens with zero attached hydrogens (tertiary/aromatic N) is 1. The Balaban J connectivity index is 1.51. The summed E-state index contributed by atoms with van der Waals surface area (Å²) in [6.45, 7) is -0.176. The van der Waals surface area contributed by atoms with Crippen molar-refractivity contribution in [3.8, 4) is 11.3 Å². The molecule has 0 spiro atoms. The van der Waals surface area contributed by atoms with Crippen LogP contribution in [0.2, 0.25) is 0 Å². The van der Waals surface area contributed by atoms with Crippen LogP contribution in [0.1, 0.15) is 21.7 Å². The molecule has 4 rings (SSSR count). The van der Waals surface area contributed by atoms with Gasteiger partial charge in [0.25, 0.3) is 5.91 Å². The summed E-state index contributed by atoms with van der Waals surface area (Å²) in [4.78, 5) is 37.3. The monoisotopic (exact) mass is 420 g/mol. The Hall–Kier alpha value is -4.20. The molecule has 0 unspecified atom stereocenters. The largest absolute Gasteiger partial charge is 0.465 e. The molecule has 0 atom stereocenters. The second-order valence-electron chi connectivity index (χ2n) is 6.74. The van der Waals surface area contributed by atoms with Crippen molar-refractivity contribution in [1.82, 2.24) is 10.2 Å². The summed E-state index contributed by atoms with van der Waals surface area (Å²) in [6, 6.07) is 15.3. The van der Waals surface area contributed by atoms with Crippen molar-refractivity contribution in [2.24, 2.45) is 0 Å². The highest BCUT2D eigenvalue weighted by Crippen LogP contribution is 2.25. The van der Waals surface area contributed by atoms with E-state index in [0.717, 1.165) is 10.5 Å². The van der Waals surface area contributed by atoms with Crippen LogP contribution in [-0.4, -0.2) is 29.9 Å². The summed E-state index contributed by atoms with van der Waals surface area (Å²) >= 11 is 0. The predicted molar refractivity (Wildman–Crippen MR) is 109 cm³/mol. The van der Waals surface area contributed by atoms with Gasteiger partial charge in [-0.25, -0.2) is 14.0 Å². The van der Waals surface area contributed by atoms with Crippen LogP contribution in [-0.2, 0) is 16.1 Å². The van der Waals surface area contributed by atoms with E-state index in [0.29, 0.717) is 17.1 Å². The summed E-state index contributed by atoms with van der Waals surface area (Å²) in [5.74, 6) is -0.637. The van der Waals surface area contributed by atoms with Gasteiger partial charge in [-0.1, -0.05) is 30.3 Å². The Labute approximate surface area is 176 Å². The third-order valence-corrected chi connectivity index (χ3v) is 4.75. The minimum atomic E-state index is -0.635. The molecule has 1 aliphatic rings. The quantitative estimate of drug-likeness (QED) is 0.383. The van der Waals surface area contributed by atoms with Crippen molar-refractivity contribution in [2.75, 3.05) is 7.11 Å². The van der Waals surface area contributed by atoms with Gasteiger partial charge in [0.2, 0.25) is 0 Å². The Kier molecular flexibility index (Phi) is 5.36. The summed E-state index contributed by atoms with van der Waals surface area (Å²) in [6.07, 6.45) is 1.41. The van der Waals surface area contributed by atoms with Crippen molar-refractivity contribution in [1.29, 1.82) is 0 Å². The van der Waals surface area contributed by atoms with E-state index in [2.05, 4.69) is 10.1 Å². The minimum absolute atomic E-state index is 0.0308. The van der Waals surface area contributed by atoms with Gasteiger partial charge in [0.15, 0.2) is 0 Å². The Bertz CT molecular complexity index is 1200. The van der Waals surface area contributed by atoms with Crippen LogP contribution in [0.15, 0.2) is 70.8 Å². The lowest BCUT2D eigenvalue weighted by atomic mass is 10.1. The average Bonchev–Trinajstić information content (AvgIpc) is 3.35. The zero-order valence-electron chi connectivity index (χ0n) is 16.4. The van der Waals surface area contributed by atoms with E-state index < -0.39 is 23.7 Å². The van der Waals surface area contributed by atoms with E-state index in [1.54, 1.807) is 42.5 Å². The SMILES string of the molecule is COC(=O)c1ccc(-c2ccc(/C=C3/NC(=O)N(Cc4ccccc4F)C3=O)o2)cc1. The van der Waals surface area contributed by atoms with Gasteiger partial charge in [-0.05, 0) is 30.3 Å². The molecule has 2 aromatic carbocycles. The molecule has 1 aromatic heterocycles. The first-order valence-corrected chi connectivity index (χ1v) is 9.33. The highest BCUT2D eigenvalue weighted by molar-refractivity contribution is 6.13. The second-order valence-corrected chi connectivity index (χ2v) is 6.74. The summed E-state index contributed by atoms with van der Waals surface area (Å²) in [5.41, 5.74) is 1.40. The standard InChI is InChI=1S/C23H17FN2O5/c1-30-22(28)15-8-6-14(7-9-15)20-11-10-17(31-20)12-19-21(27)26(23(29)25-19)13-16-4-2-3-5-18(16)24/h2-12H,13H2,1H3,(H,25,29)/b19-12+. The van der Waals surface area contributed by atoms with Crippen molar-refractivity contribution >= 4 is 24.0 Å². The number of esters is 1. The van der Waals surface area contributed by atoms with Crippen LogP contribution in [0.5, 0.6) is 0 Å². The van der Waals surface area contributed by atoms with E-state index in [9.17, 15) is 18.8 Å². The summed E-state index contributed by atoms with van der Waals surface area (Å²) < 4.78 is 24.3. The average molecular weight is 420 g/mol. The highest BCUT2D eigenvalue weighted by atomic mass is 19.1. The lowest BCUT2D eigenvalue weighted by molar-refractivity contribution is -0.123. The topological polar surface area (TPSA) is 88.9 Å². The fourth-order valence-electron chi connectivity index (χ4n) is 3.13. The molecule has 156 valence electrons. The number of nitrogens with one attached hydrogen (secondary N) is 1. The number of carbonyl (C=O) groups excluding carboxylic acids is 3. The first-order valence-electron chi connectivity index (χ1n) is 9.33. The number of imide groups is 1. The van der Waals surface area contributed by atoms with Crippen molar-refractivity contribution in [3.63, 3.8) is 0 Å². The molecular formula is C23H17FN2O5. The number of methoxy groups -OCH3 is 1. The first-order chi connectivity index (χ1) is 15.0.